The van der Waals surface area contributed by atoms with Gasteiger partial charge in [0.2, 0.25) is 0 Å². The van der Waals surface area contributed by atoms with Crippen LogP contribution in [0.3, 0.4) is 0 Å². The summed E-state index contributed by atoms with van der Waals surface area (Å²) >= 11 is 0. The summed E-state index contributed by atoms with van der Waals surface area (Å²) in [7, 11) is 0. The predicted molar refractivity (Wildman–Crippen MR) is 226 cm³/mol. The number of rotatable bonds is 5. The molecule has 11 rings (SSSR count). The van der Waals surface area contributed by atoms with Gasteiger partial charge in [-0.05, 0) is 88.5 Å². The molecule has 0 N–H and O–H groups in total. The number of hydrogen-bond acceptors (Lipinski definition) is 2. The summed E-state index contributed by atoms with van der Waals surface area (Å²) in [4.78, 5) is 2.36. The van der Waals surface area contributed by atoms with Gasteiger partial charge in [0.1, 0.15) is 5.58 Å². The lowest BCUT2D eigenvalue weighted by atomic mass is 9.81. The maximum Gasteiger partial charge on any atom is 0.159 e. The van der Waals surface area contributed by atoms with Crippen molar-refractivity contribution in [3.8, 4) is 27.9 Å². The predicted octanol–water partition coefficient (Wildman–Crippen LogP) is 14.1. The molecule has 8 aromatic carbocycles. The first-order valence-corrected chi connectivity index (χ1v) is 18.7. The van der Waals surface area contributed by atoms with Crippen LogP contribution in [0.1, 0.15) is 25.0 Å². The monoisotopic (exact) mass is 692 g/mol. The summed E-state index contributed by atoms with van der Waals surface area (Å²) in [5.74, 6) is 0. The van der Waals surface area contributed by atoms with Crippen molar-refractivity contribution in [1.29, 1.82) is 0 Å². The van der Waals surface area contributed by atoms with E-state index in [2.05, 4.69) is 205 Å². The van der Waals surface area contributed by atoms with Crippen LogP contribution in [-0.4, -0.2) is 4.57 Å². The molecule has 0 aliphatic heterocycles. The van der Waals surface area contributed by atoms with E-state index in [1.165, 1.54) is 55.2 Å². The molecule has 2 heterocycles. The largest absolute Gasteiger partial charge is 0.454 e. The first kappa shape index (κ1) is 30.8. The first-order valence-electron chi connectivity index (χ1n) is 18.7. The maximum absolute atomic E-state index is 7.16. The molecule has 0 radical (unpaired) electrons. The van der Waals surface area contributed by atoms with Gasteiger partial charge in [-0.15, -0.1) is 0 Å². The fraction of sp³-hybridized carbons (Fsp3) is 0.0588. The molecule has 0 atom stereocenters. The molecule has 1 aliphatic carbocycles. The molecule has 0 bridgehead atoms. The van der Waals surface area contributed by atoms with Gasteiger partial charge in [0.15, 0.2) is 5.58 Å². The zero-order valence-corrected chi connectivity index (χ0v) is 30.1. The van der Waals surface area contributed by atoms with Crippen molar-refractivity contribution in [1.82, 2.24) is 4.57 Å². The maximum atomic E-state index is 7.16. The third-order valence-electron chi connectivity index (χ3n) is 11.6. The van der Waals surface area contributed by atoms with Crippen molar-refractivity contribution in [3.63, 3.8) is 0 Å². The number of anilines is 3. The molecule has 3 heteroatoms. The molecule has 1 aliphatic rings. The average Bonchev–Trinajstić information content (AvgIpc) is 3.84. The van der Waals surface area contributed by atoms with E-state index in [1.807, 2.05) is 0 Å². The van der Waals surface area contributed by atoms with Crippen molar-refractivity contribution < 1.29 is 4.42 Å². The van der Waals surface area contributed by atoms with Gasteiger partial charge in [0.25, 0.3) is 0 Å². The summed E-state index contributed by atoms with van der Waals surface area (Å²) in [6, 6.07) is 65.6. The standard InChI is InChI=1S/C51H36N2O/c1-51(2)41-26-14-12-24-38(41)48-42(51)32-46-49(47(48)33-17-6-3-7-18-33)39-25-16-28-45(50(39)54-46)52(34-19-8-4-9-20-34)36-29-30-44-40(31-36)37-23-13-15-27-43(37)53(44)35-21-10-5-11-22-35/h3-32H,1-2H3. The second-order valence-corrected chi connectivity index (χ2v) is 14.9. The Morgan fingerprint density at radius 3 is 1.98 bits per heavy atom. The van der Waals surface area contributed by atoms with Crippen molar-refractivity contribution in [2.75, 3.05) is 4.90 Å². The Morgan fingerprint density at radius 1 is 0.500 bits per heavy atom. The molecule has 2 aromatic heterocycles. The molecule has 0 amide bonds. The Morgan fingerprint density at radius 2 is 1.17 bits per heavy atom. The molecule has 0 spiro atoms. The van der Waals surface area contributed by atoms with Crippen LogP contribution >= 0.6 is 0 Å². The topological polar surface area (TPSA) is 21.3 Å². The van der Waals surface area contributed by atoms with Gasteiger partial charge in [-0.2, -0.15) is 0 Å². The molecule has 0 fully saturated rings. The lowest BCUT2D eigenvalue weighted by Crippen LogP contribution is -2.14. The van der Waals surface area contributed by atoms with Gasteiger partial charge in [-0.3, -0.25) is 0 Å². The van der Waals surface area contributed by atoms with Crippen LogP contribution in [0, 0.1) is 0 Å². The Labute approximate surface area is 314 Å². The molecule has 0 unspecified atom stereocenters. The van der Waals surface area contributed by atoms with Crippen LogP contribution < -0.4 is 4.90 Å². The number of aromatic nitrogens is 1. The van der Waals surface area contributed by atoms with Crippen LogP contribution in [0.5, 0.6) is 0 Å². The van der Waals surface area contributed by atoms with E-state index in [9.17, 15) is 0 Å². The Balaban J connectivity index is 1.20. The highest BCUT2D eigenvalue weighted by molar-refractivity contribution is 6.20. The average molecular weight is 693 g/mol. The zero-order valence-electron chi connectivity index (χ0n) is 30.1. The van der Waals surface area contributed by atoms with E-state index < -0.39 is 0 Å². The number of furan rings is 1. The quantitative estimate of drug-likeness (QED) is 0.179. The van der Waals surface area contributed by atoms with E-state index in [0.29, 0.717) is 0 Å². The summed E-state index contributed by atoms with van der Waals surface area (Å²) in [5, 5.41) is 4.68. The number of nitrogens with zero attached hydrogens (tertiary/aromatic N) is 2. The molecule has 54 heavy (non-hydrogen) atoms. The van der Waals surface area contributed by atoms with Gasteiger partial charge in [0.05, 0.1) is 16.7 Å². The van der Waals surface area contributed by atoms with Crippen molar-refractivity contribution >= 4 is 60.8 Å². The number of para-hydroxylation sites is 4. The van der Waals surface area contributed by atoms with Gasteiger partial charge in [0, 0.05) is 49.6 Å². The van der Waals surface area contributed by atoms with E-state index >= 15 is 0 Å². The van der Waals surface area contributed by atoms with Gasteiger partial charge < -0.3 is 13.9 Å². The van der Waals surface area contributed by atoms with E-state index in [4.69, 9.17) is 4.42 Å². The smallest absolute Gasteiger partial charge is 0.159 e. The van der Waals surface area contributed by atoms with E-state index in [0.717, 1.165) is 44.7 Å². The van der Waals surface area contributed by atoms with Crippen molar-refractivity contribution in [2.45, 2.75) is 19.3 Å². The minimum atomic E-state index is -0.171. The first-order chi connectivity index (χ1) is 26.6. The van der Waals surface area contributed by atoms with Crippen LogP contribution in [-0.2, 0) is 5.41 Å². The number of hydrogen-bond donors (Lipinski definition) is 0. The van der Waals surface area contributed by atoms with Crippen LogP contribution in [0.15, 0.2) is 186 Å². The van der Waals surface area contributed by atoms with Crippen LogP contribution in [0.4, 0.5) is 17.1 Å². The molecule has 0 saturated heterocycles. The summed E-state index contributed by atoms with van der Waals surface area (Å²) < 4.78 is 9.53. The SMILES string of the molecule is CC1(C)c2ccccc2-c2c1cc1oc3c(N(c4ccccc4)c4ccc5c(c4)c4ccccc4n5-c4ccccc4)cccc3c1c2-c1ccccc1. The third kappa shape index (κ3) is 4.36. The zero-order chi connectivity index (χ0) is 36.0. The fourth-order valence-electron chi connectivity index (χ4n) is 9.14. The Kier molecular flexibility index (Phi) is 6.60. The fourth-order valence-corrected chi connectivity index (χ4v) is 9.14. The van der Waals surface area contributed by atoms with E-state index in [1.54, 1.807) is 0 Å². The second kappa shape index (κ2) is 11.6. The highest BCUT2D eigenvalue weighted by atomic mass is 16.3. The Bertz CT molecular complexity index is 3060. The second-order valence-electron chi connectivity index (χ2n) is 14.9. The summed E-state index contributed by atoms with van der Waals surface area (Å²) in [6.45, 7) is 4.68. The molecule has 0 saturated carbocycles. The highest BCUT2D eigenvalue weighted by Crippen LogP contribution is 2.56. The van der Waals surface area contributed by atoms with Gasteiger partial charge in [-0.25, -0.2) is 0 Å². The minimum absolute atomic E-state index is 0.171. The summed E-state index contributed by atoms with van der Waals surface area (Å²) in [6.07, 6.45) is 0. The van der Waals surface area contributed by atoms with Crippen LogP contribution in [0.25, 0.3) is 71.7 Å². The lowest BCUT2D eigenvalue weighted by molar-refractivity contribution is 0.647. The minimum Gasteiger partial charge on any atom is -0.454 e. The third-order valence-corrected chi connectivity index (χ3v) is 11.6. The highest BCUT2D eigenvalue weighted by Gasteiger charge is 2.39. The molecule has 10 aromatic rings. The lowest BCUT2D eigenvalue weighted by Gasteiger charge is -2.25. The van der Waals surface area contributed by atoms with Crippen LogP contribution in [0.2, 0.25) is 0 Å². The normalized spacial score (nSPS) is 13.1. The molecular weight excluding hydrogens is 657 g/mol. The van der Waals surface area contributed by atoms with Gasteiger partial charge >= 0.3 is 0 Å². The molecule has 256 valence electrons. The number of fused-ring (bicyclic) bond motifs is 9. The van der Waals surface area contributed by atoms with Crippen molar-refractivity contribution in [2.24, 2.45) is 0 Å². The van der Waals surface area contributed by atoms with Crippen molar-refractivity contribution in [3.05, 3.63) is 193 Å². The summed E-state index contributed by atoms with van der Waals surface area (Å²) in [5.41, 5.74) is 15.9. The van der Waals surface area contributed by atoms with E-state index in [-0.39, 0.29) is 5.41 Å². The Hall–Kier alpha value is -6.84. The number of benzene rings is 8. The van der Waals surface area contributed by atoms with Gasteiger partial charge in [-0.1, -0.05) is 135 Å². The molecule has 3 nitrogen and oxygen atoms in total. The molecular formula is C51H36N2O.